The van der Waals surface area contributed by atoms with Crippen LogP contribution in [0.1, 0.15) is 17.0 Å². The molecule has 0 amide bonds. The zero-order chi connectivity index (χ0) is 10.8. The first kappa shape index (κ1) is 10.6. The molecule has 0 aliphatic carbocycles. The van der Waals surface area contributed by atoms with Crippen LogP contribution >= 0.6 is 11.8 Å². The predicted octanol–water partition coefficient (Wildman–Crippen LogP) is 3.09. The fraction of sp³-hybridized carbons (Fsp3) is 0.417. The molecule has 1 aromatic heterocycles. The molecule has 15 heavy (non-hydrogen) atoms. The molecule has 2 aromatic rings. The fourth-order valence-corrected chi connectivity index (χ4v) is 2.24. The van der Waals surface area contributed by atoms with Gasteiger partial charge >= 0.3 is 0 Å². The first-order valence-corrected chi connectivity index (χ1v) is 6.55. The molecule has 2 rings (SSSR count). The standard InChI is InChI=1S/C12H16N2S/c1-8-6-9(2)12-10(7-8)13-11(14-12)4-5-15-3/h6-7H,4-5H2,1-3H3,(H,13,14). The second-order valence-electron chi connectivity index (χ2n) is 3.90. The van der Waals surface area contributed by atoms with Crippen LogP contribution in [-0.4, -0.2) is 22.0 Å². The molecule has 0 saturated carbocycles. The van der Waals surface area contributed by atoms with Gasteiger partial charge in [-0.2, -0.15) is 11.8 Å². The lowest BCUT2D eigenvalue weighted by atomic mass is 10.1. The van der Waals surface area contributed by atoms with Crippen molar-refractivity contribution in [3.8, 4) is 0 Å². The van der Waals surface area contributed by atoms with E-state index < -0.39 is 0 Å². The molecule has 0 radical (unpaired) electrons. The smallest absolute Gasteiger partial charge is 0.108 e. The molecule has 1 aromatic carbocycles. The number of thioether (sulfide) groups is 1. The quantitative estimate of drug-likeness (QED) is 0.861. The van der Waals surface area contributed by atoms with Crippen LogP contribution in [0.25, 0.3) is 11.0 Å². The number of H-pyrrole nitrogens is 1. The number of benzene rings is 1. The summed E-state index contributed by atoms with van der Waals surface area (Å²) in [6.45, 7) is 4.24. The summed E-state index contributed by atoms with van der Waals surface area (Å²) in [6.07, 6.45) is 3.15. The van der Waals surface area contributed by atoms with E-state index in [9.17, 15) is 0 Å². The minimum atomic E-state index is 1.02. The summed E-state index contributed by atoms with van der Waals surface area (Å²) in [7, 11) is 0. The van der Waals surface area contributed by atoms with Crippen molar-refractivity contribution in [2.75, 3.05) is 12.0 Å². The lowest BCUT2D eigenvalue weighted by Gasteiger charge is -1.96. The van der Waals surface area contributed by atoms with Crippen molar-refractivity contribution >= 4 is 22.8 Å². The molecule has 1 N–H and O–H groups in total. The molecule has 0 unspecified atom stereocenters. The number of aromatic amines is 1. The molecule has 0 saturated heterocycles. The molecule has 0 aliphatic heterocycles. The van der Waals surface area contributed by atoms with Crippen molar-refractivity contribution in [2.45, 2.75) is 20.3 Å². The van der Waals surface area contributed by atoms with Gasteiger partial charge in [0.2, 0.25) is 0 Å². The van der Waals surface area contributed by atoms with E-state index in [1.165, 1.54) is 16.6 Å². The van der Waals surface area contributed by atoms with Crippen LogP contribution in [0.4, 0.5) is 0 Å². The Kier molecular flexibility index (Phi) is 3.00. The zero-order valence-corrected chi connectivity index (χ0v) is 10.2. The first-order chi connectivity index (χ1) is 7.20. The summed E-state index contributed by atoms with van der Waals surface area (Å²) < 4.78 is 0. The van der Waals surface area contributed by atoms with Crippen molar-refractivity contribution in [3.05, 3.63) is 29.1 Å². The van der Waals surface area contributed by atoms with Gasteiger partial charge in [-0.3, -0.25) is 0 Å². The van der Waals surface area contributed by atoms with Crippen LogP contribution in [0.5, 0.6) is 0 Å². The summed E-state index contributed by atoms with van der Waals surface area (Å²) in [5.74, 6) is 2.23. The Bertz CT molecular complexity index is 474. The number of aromatic nitrogens is 2. The molecule has 2 nitrogen and oxygen atoms in total. The summed E-state index contributed by atoms with van der Waals surface area (Å²) in [4.78, 5) is 8.01. The molecule has 1 heterocycles. The van der Waals surface area contributed by atoms with Crippen LogP contribution in [-0.2, 0) is 6.42 Å². The number of nitrogens with one attached hydrogen (secondary N) is 1. The van der Waals surface area contributed by atoms with Gasteiger partial charge in [0, 0.05) is 12.2 Å². The molecule has 0 fully saturated rings. The Morgan fingerprint density at radius 1 is 1.33 bits per heavy atom. The topological polar surface area (TPSA) is 28.7 Å². The third-order valence-electron chi connectivity index (χ3n) is 2.51. The van der Waals surface area contributed by atoms with E-state index >= 15 is 0 Å². The number of hydrogen-bond acceptors (Lipinski definition) is 2. The average molecular weight is 220 g/mol. The van der Waals surface area contributed by atoms with E-state index in [1.807, 2.05) is 11.8 Å². The maximum Gasteiger partial charge on any atom is 0.108 e. The predicted molar refractivity (Wildman–Crippen MR) is 67.7 cm³/mol. The van der Waals surface area contributed by atoms with E-state index in [2.05, 4.69) is 42.2 Å². The van der Waals surface area contributed by atoms with Crippen molar-refractivity contribution in [1.29, 1.82) is 0 Å². The molecular formula is C12H16N2S. The normalized spacial score (nSPS) is 11.1. The minimum Gasteiger partial charge on any atom is -0.342 e. The SMILES string of the molecule is CSCCc1nc2c(C)cc(C)cc2[nH]1. The Morgan fingerprint density at radius 3 is 2.87 bits per heavy atom. The van der Waals surface area contributed by atoms with Gasteiger partial charge in [0.1, 0.15) is 5.82 Å². The summed E-state index contributed by atoms with van der Waals surface area (Å²) >= 11 is 1.85. The van der Waals surface area contributed by atoms with Gasteiger partial charge in [-0.1, -0.05) is 6.07 Å². The second kappa shape index (κ2) is 4.27. The van der Waals surface area contributed by atoms with Crippen molar-refractivity contribution in [2.24, 2.45) is 0 Å². The third-order valence-corrected chi connectivity index (χ3v) is 3.13. The second-order valence-corrected chi connectivity index (χ2v) is 4.89. The van der Waals surface area contributed by atoms with Gasteiger partial charge in [-0.05, 0) is 37.3 Å². The highest BCUT2D eigenvalue weighted by Gasteiger charge is 2.05. The third kappa shape index (κ3) is 2.17. The number of imidazole rings is 1. The number of aryl methyl sites for hydroxylation is 3. The minimum absolute atomic E-state index is 1.02. The highest BCUT2D eigenvalue weighted by atomic mass is 32.2. The van der Waals surface area contributed by atoms with E-state index in [1.54, 1.807) is 0 Å². The fourth-order valence-electron chi connectivity index (χ4n) is 1.84. The maximum atomic E-state index is 4.62. The van der Waals surface area contributed by atoms with Crippen molar-refractivity contribution in [1.82, 2.24) is 9.97 Å². The van der Waals surface area contributed by atoms with Crippen LogP contribution in [0.2, 0.25) is 0 Å². The highest BCUT2D eigenvalue weighted by molar-refractivity contribution is 7.98. The molecule has 0 atom stereocenters. The van der Waals surface area contributed by atoms with Crippen LogP contribution < -0.4 is 0 Å². The molecule has 80 valence electrons. The molecular weight excluding hydrogens is 204 g/mol. The van der Waals surface area contributed by atoms with Gasteiger partial charge in [0.15, 0.2) is 0 Å². The highest BCUT2D eigenvalue weighted by Crippen LogP contribution is 2.18. The first-order valence-electron chi connectivity index (χ1n) is 5.15. The van der Waals surface area contributed by atoms with Gasteiger partial charge in [-0.15, -0.1) is 0 Å². The largest absolute Gasteiger partial charge is 0.342 e. The average Bonchev–Trinajstić information content (AvgIpc) is 2.57. The van der Waals surface area contributed by atoms with Crippen LogP contribution in [0.15, 0.2) is 12.1 Å². The number of nitrogens with zero attached hydrogens (tertiary/aromatic N) is 1. The maximum absolute atomic E-state index is 4.62. The molecule has 0 spiro atoms. The summed E-state index contributed by atoms with van der Waals surface area (Å²) in [5, 5.41) is 0. The lowest BCUT2D eigenvalue weighted by molar-refractivity contribution is 1.01. The Hall–Kier alpha value is -0.960. The van der Waals surface area contributed by atoms with Crippen LogP contribution in [0, 0.1) is 13.8 Å². The van der Waals surface area contributed by atoms with Gasteiger partial charge in [-0.25, -0.2) is 4.98 Å². The molecule has 3 heteroatoms. The molecule has 0 aliphatic rings. The van der Waals surface area contributed by atoms with Crippen LogP contribution in [0.3, 0.4) is 0 Å². The number of hydrogen-bond donors (Lipinski definition) is 1. The van der Waals surface area contributed by atoms with E-state index in [0.29, 0.717) is 0 Å². The van der Waals surface area contributed by atoms with Crippen molar-refractivity contribution < 1.29 is 0 Å². The van der Waals surface area contributed by atoms with E-state index in [0.717, 1.165) is 23.5 Å². The summed E-state index contributed by atoms with van der Waals surface area (Å²) in [6, 6.07) is 4.35. The Morgan fingerprint density at radius 2 is 2.13 bits per heavy atom. The molecule has 0 bridgehead atoms. The van der Waals surface area contributed by atoms with Gasteiger partial charge in [0.05, 0.1) is 11.0 Å². The zero-order valence-electron chi connectivity index (χ0n) is 9.42. The Balaban J connectivity index is 2.41. The lowest BCUT2D eigenvalue weighted by Crippen LogP contribution is -1.89. The monoisotopic (exact) mass is 220 g/mol. The van der Waals surface area contributed by atoms with Gasteiger partial charge < -0.3 is 4.98 Å². The van der Waals surface area contributed by atoms with Crippen molar-refractivity contribution in [3.63, 3.8) is 0 Å². The van der Waals surface area contributed by atoms with Gasteiger partial charge in [0.25, 0.3) is 0 Å². The Labute approximate surface area is 94.5 Å². The summed E-state index contributed by atoms with van der Waals surface area (Å²) in [5.41, 5.74) is 4.84. The number of rotatable bonds is 3. The number of fused-ring (bicyclic) bond motifs is 1. The van der Waals surface area contributed by atoms with E-state index in [-0.39, 0.29) is 0 Å². The van der Waals surface area contributed by atoms with E-state index in [4.69, 9.17) is 0 Å².